The number of benzene rings is 1. The summed E-state index contributed by atoms with van der Waals surface area (Å²) in [7, 11) is 0. The molecule has 0 amide bonds. The van der Waals surface area contributed by atoms with Crippen LogP contribution < -0.4 is 0 Å². The van der Waals surface area contributed by atoms with Crippen LogP contribution in [0.2, 0.25) is 10.0 Å². The van der Waals surface area contributed by atoms with Crippen molar-refractivity contribution in [1.82, 2.24) is 9.55 Å². The number of hydrogen-bond donors (Lipinski definition) is 0. The van der Waals surface area contributed by atoms with Crippen LogP contribution in [0.25, 0.3) is 0 Å². The largest absolute Gasteiger partial charge is 0.347 e. The summed E-state index contributed by atoms with van der Waals surface area (Å²) in [5.74, 6) is 0. The molecule has 100 valence electrons. The molecule has 19 heavy (non-hydrogen) atoms. The molecule has 1 unspecified atom stereocenters. The van der Waals surface area contributed by atoms with Crippen molar-refractivity contribution in [3.63, 3.8) is 0 Å². The summed E-state index contributed by atoms with van der Waals surface area (Å²) in [4.78, 5) is 4.06. The molecule has 3 nitrogen and oxygen atoms in total. The summed E-state index contributed by atoms with van der Waals surface area (Å²) < 4.78 is 7.76. The number of halogens is 2. The number of hydrogen-bond acceptors (Lipinski definition) is 2. The van der Waals surface area contributed by atoms with Gasteiger partial charge in [0.25, 0.3) is 0 Å². The van der Waals surface area contributed by atoms with Gasteiger partial charge in [-0.3, -0.25) is 0 Å². The summed E-state index contributed by atoms with van der Waals surface area (Å²) in [5, 5.41) is 1.14. The molecule has 1 aromatic carbocycles. The molecule has 0 N–H and O–H groups in total. The van der Waals surface area contributed by atoms with Gasteiger partial charge in [0.2, 0.25) is 0 Å². The molecular weight excluding hydrogens is 283 g/mol. The Bertz CT molecular complexity index is 569. The highest BCUT2D eigenvalue weighted by atomic mass is 35.5. The van der Waals surface area contributed by atoms with E-state index in [0.29, 0.717) is 16.7 Å². The van der Waals surface area contributed by atoms with E-state index in [0.717, 1.165) is 5.56 Å². The van der Waals surface area contributed by atoms with Gasteiger partial charge < -0.3 is 9.30 Å². The lowest BCUT2D eigenvalue weighted by molar-refractivity contribution is -0.0451. The van der Waals surface area contributed by atoms with Crippen LogP contribution in [0.4, 0.5) is 0 Å². The van der Waals surface area contributed by atoms with Crippen molar-refractivity contribution in [3.8, 4) is 0 Å². The van der Waals surface area contributed by atoms with E-state index in [1.807, 2.05) is 23.8 Å². The fourth-order valence-corrected chi connectivity index (χ4v) is 2.47. The van der Waals surface area contributed by atoms with Gasteiger partial charge in [-0.05, 0) is 19.1 Å². The molecule has 1 atom stereocenters. The third kappa shape index (κ3) is 2.84. The quantitative estimate of drug-likeness (QED) is 0.776. The Labute approximate surface area is 122 Å². The fourth-order valence-electron chi connectivity index (χ4n) is 1.89. The number of aromatic nitrogens is 2. The Morgan fingerprint density at radius 1 is 1.47 bits per heavy atom. The molecule has 2 aromatic rings. The third-order valence-electron chi connectivity index (χ3n) is 2.91. The first kappa shape index (κ1) is 14.1. The molecule has 1 heterocycles. The lowest BCUT2D eigenvalue weighted by Crippen LogP contribution is -2.34. The molecule has 0 spiro atoms. The van der Waals surface area contributed by atoms with Crippen LogP contribution in [0.3, 0.4) is 0 Å². The van der Waals surface area contributed by atoms with Gasteiger partial charge in [-0.15, -0.1) is 6.58 Å². The van der Waals surface area contributed by atoms with E-state index >= 15 is 0 Å². The molecule has 0 radical (unpaired) electrons. The van der Waals surface area contributed by atoms with Gasteiger partial charge in [-0.1, -0.05) is 35.3 Å². The maximum atomic E-state index is 6.29. The second-order valence-corrected chi connectivity index (χ2v) is 5.02. The van der Waals surface area contributed by atoms with Crippen LogP contribution in [-0.4, -0.2) is 16.2 Å². The Kier molecular flexibility index (Phi) is 4.30. The highest BCUT2D eigenvalue weighted by molar-refractivity contribution is 6.35. The number of nitrogens with zero attached hydrogens (tertiary/aromatic N) is 2. The van der Waals surface area contributed by atoms with Crippen molar-refractivity contribution in [2.45, 2.75) is 12.6 Å². The Hall–Kier alpha value is -1.29. The Morgan fingerprint density at radius 2 is 2.26 bits per heavy atom. The lowest BCUT2D eigenvalue weighted by Gasteiger charge is -2.32. The highest BCUT2D eigenvalue weighted by Gasteiger charge is 2.31. The molecule has 5 heteroatoms. The molecule has 0 saturated carbocycles. The van der Waals surface area contributed by atoms with Crippen LogP contribution in [0.5, 0.6) is 0 Å². The summed E-state index contributed by atoms with van der Waals surface area (Å²) in [5.41, 5.74) is 0.0604. The van der Waals surface area contributed by atoms with Crippen molar-refractivity contribution in [3.05, 3.63) is 65.2 Å². The van der Waals surface area contributed by atoms with E-state index in [2.05, 4.69) is 11.6 Å². The average Bonchev–Trinajstić information content (AvgIpc) is 2.90. The maximum absolute atomic E-state index is 6.29. The number of imidazole rings is 1. The standard InChI is InChI=1S/C14H14Cl2N2O/c1-3-8-19-14(2,18-7-6-17-10-18)12-5-4-11(15)9-13(12)16/h3-7,9-10H,1,8H2,2H3. The van der Waals surface area contributed by atoms with Crippen LogP contribution in [-0.2, 0) is 10.5 Å². The minimum atomic E-state index is -0.758. The minimum Gasteiger partial charge on any atom is -0.347 e. The minimum absolute atomic E-state index is 0.396. The maximum Gasteiger partial charge on any atom is 0.170 e. The average molecular weight is 297 g/mol. The normalized spacial score (nSPS) is 14.1. The first-order valence-electron chi connectivity index (χ1n) is 5.77. The SMILES string of the molecule is C=CCOC(C)(c1ccc(Cl)cc1Cl)n1ccnc1. The van der Waals surface area contributed by atoms with Crippen molar-refractivity contribution in [2.75, 3.05) is 6.61 Å². The van der Waals surface area contributed by atoms with Gasteiger partial charge in [0, 0.05) is 23.0 Å². The molecule has 0 aliphatic rings. The van der Waals surface area contributed by atoms with Gasteiger partial charge in [0.15, 0.2) is 5.72 Å². The van der Waals surface area contributed by atoms with E-state index in [1.165, 1.54) is 0 Å². The predicted molar refractivity (Wildman–Crippen MR) is 77.6 cm³/mol. The second-order valence-electron chi connectivity index (χ2n) is 4.18. The Balaban J connectivity index is 2.51. The zero-order valence-electron chi connectivity index (χ0n) is 10.5. The van der Waals surface area contributed by atoms with E-state index < -0.39 is 5.72 Å². The molecule has 0 fully saturated rings. The van der Waals surface area contributed by atoms with Crippen LogP contribution in [0.15, 0.2) is 49.6 Å². The lowest BCUT2D eigenvalue weighted by atomic mass is 10.0. The fraction of sp³-hybridized carbons (Fsp3) is 0.214. The molecule has 2 rings (SSSR count). The number of ether oxygens (including phenoxy) is 1. The first-order valence-corrected chi connectivity index (χ1v) is 6.52. The molecule has 0 aliphatic heterocycles. The van der Waals surface area contributed by atoms with Gasteiger partial charge in [-0.25, -0.2) is 4.98 Å². The molecular formula is C14H14Cl2N2O. The molecule has 0 aliphatic carbocycles. The Morgan fingerprint density at radius 3 is 2.84 bits per heavy atom. The van der Waals surface area contributed by atoms with Crippen LogP contribution in [0, 0.1) is 0 Å². The van der Waals surface area contributed by atoms with E-state index in [9.17, 15) is 0 Å². The third-order valence-corrected chi connectivity index (χ3v) is 3.46. The van der Waals surface area contributed by atoms with Crippen LogP contribution in [0.1, 0.15) is 12.5 Å². The van der Waals surface area contributed by atoms with Crippen molar-refractivity contribution < 1.29 is 4.74 Å². The predicted octanol–water partition coefficient (Wildman–Crippen LogP) is 4.11. The summed E-state index contributed by atoms with van der Waals surface area (Å²) >= 11 is 12.2. The molecule has 1 aromatic heterocycles. The topological polar surface area (TPSA) is 27.1 Å². The smallest absolute Gasteiger partial charge is 0.170 e. The monoisotopic (exact) mass is 296 g/mol. The van der Waals surface area contributed by atoms with E-state index in [1.54, 1.807) is 30.7 Å². The van der Waals surface area contributed by atoms with Gasteiger partial charge in [0.1, 0.15) is 0 Å². The summed E-state index contributed by atoms with van der Waals surface area (Å²) in [6.07, 6.45) is 6.90. The summed E-state index contributed by atoms with van der Waals surface area (Å²) in [6.45, 7) is 5.99. The first-order chi connectivity index (χ1) is 9.08. The van der Waals surface area contributed by atoms with Crippen LogP contribution >= 0.6 is 23.2 Å². The summed E-state index contributed by atoms with van der Waals surface area (Å²) in [6, 6.07) is 5.34. The van der Waals surface area contributed by atoms with Gasteiger partial charge >= 0.3 is 0 Å². The zero-order valence-corrected chi connectivity index (χ0v) is 12.0. The van der Waals surface area contributed by atoms with Crippen molar-refractivity contribution in [1.29, 1.82) is 0 Å². The second kappa shape index (κ2) is 5.78. The van der Waals surface area contributed by atoms with E-state index in [4.69, 9.17) is 27.9 Å². The van der Waals surface area contributed by atoms with E-state index in [-0.39, 0.29) is 0 Å². The molecule has 0 bridgehead atoms. The van der Waals surface area contributed by atoms with Gasteiger partial charge in [-0.2, -0.15) is 0 Å². The number of rotatable bonds is 5. The zero-order chi connectivity index (χ0) is 13.9. The molecule has 0 saturated heterocycles. The highest BCUT2D eigenvalue weighted by Crippen LogP contribution is 2.34. The van der Waals surface area contributed by atoms with Gasteiger partial charge in [0.05, 0.1) is 18.0 Å². The van der Waals surface area contributed by atoms with Crippen molar-refractivity contribution in [2.24, 2.45) is 0 Å². The van der Waals surface area contributed by atoms with Crippen molar-refractivity contribution >= 4 is 23.2 Å².